The average Bonchev–Trinajstić information content (AvgIpc) is 3.12. The van der Waals surface area contributed by atoms with Gasteiger partial charge in [0.05, 0.1) is 11.2 Å². The highest BCUT2D eigenvalue weighted by Crippen LogP contribution is 2.38. The molecular formula is C22H20N2O. The number of pyridine rings is 1. The van der Waals surface area contributed by atoms with Crippen LogP contribution in [0.5, 0.6) is 5.75 Å². The van der Waals surface area contributed by atoms with Crippen LogP contribution in [0.2, 0.25) is 0 Å². The second-order valence-electron chi connectivity index (χ2n) is 7.02. The first-order valence-corrected chi connectivity index (χ1v) is 8.94. The Hall–Kier alpha value is -2.81. The van der Waals surface area contributed by atoms with Crippen molar-refractivity contribution in [2.75, 3.05) is 0 Å². The Balaban J connectivity index is 1.88. The molecule has 0 unspecified atom stereocenters. The summed E-state index contributed by atoms with van der Waals surface area (Å²) in [4.78, 5) is 8.39. The van der Waals surface area contributed by atoms with Gasteiger partial charge in [-0.15, -0.1) is 0 Å². The molecule has 1 aliphatic carbocycles. The van der Waals surface area contributed by atoms with Crippen molar-refractivity contribution < 1.29 is 5.11 Å². The average molecular weight is 328 g/mol. The van der Waals surface area contributed by atoms with E-state index in [9.17, 15) is 5.11 Å². The maximum atomic E-state index is 9.87. The van der Waals surface area contributed by atoms with Crippen LogP contribution in [0.3, 0.4) is 0 Å². The van der Waals surface area contributed by atoms with Gasteiger partial charge >= 0.3 is 0 Å². The first-order valence-electron chi connectivity index (χ1n) is 8.94. The fraction of sp³-hybridized carbons (Fsp3) is 0.227. The number of hydrogen-bond acceptors (Lipinski definition) is 2. The predicted molar refractivity (Wildman–Crippen MR) is 102 cm³/mol. The molecule has 0 radical (unpaired) electrons. The van der Waals surface area contributed by atoms with Crippen LogP contribution in [0.1, 0.15) is 29.5 Å². The Bertz CT molecular complexity index is 1120. The van der Waals surface area contributed by atoms with E-state index in [2.05, 4.69) is 23.2 Å². The van der Waals surface area contributed by atoms with Crippen LogP contribution < -0.4 is 0 Å². The number of aromatic hydroxyl groups is 1. The van der Waals surface area contributed by atoms with Crippen LogP contribution in [-0.4, -0.2) is 15.1 Å². The first kappa shape index (κ1) is 14.5. The third-order valence-corrected chi connectivity index (χ3v) is 5.47. The molecule has 0 bridgehead atoms. The molecule has 3 nitrogen and oxygen atoms in total. The fourth-order valence-electron chi connectivity index (χ4n) is 4.20. The quantitative estimate of drug-likeness (QED) is 0.500. The number of benzene rings is 2. The van der Waals surface area contributed by atoms with Gasteiger partial charge in [-0.2, -0.15) is 0 Å². The number of rotatable bonds is 1. The van der Waals surface area contributed by atoms with E-state index in [1.807, 2.05) is 25.3 Å². The zero-order chi connectivity index (χ0) is 17.0. The standard InChI is InChI=1S/C22H20N2O/c1-13-12-14(6-9-20(13)25)22-16-5-3-2-4-15(16)21-17-10-11-23-18(17)7-8-19(21)24-22/h6-12,23,25H,2-5H2,1H3. The summed E-state index contributed by atoms with van der Waals surface area (Å²) in [5.74, 6) is 0.340. The zero-order valence-corrected chi connectivity index (χ0v) is 14.3. The molecule has 2 N–H and O–H groups in total. The summed E-state index contributed by atoms with van der Waals surface area (Å²) in [5.41, 5.74) is 8.17. The Morgan fingerprint density at radius 2 is 1.84 bits per heavy atom. The van der Waals surface area contributed by atoms with Crippen molar-refractivity contribution >= 4 is 21.8 Å². The van der Waals surface area contributed by atoms with Gasteiger partial charge in [0.25, 0.3) is 0 Å². The maximum absolute atomic E-state index is 9.87. The SMILES string of the molecule is Cc1cc(-c2nc3ccc4[nH]ccc4c3c3c2CCCC3)ccc1O. The van der Waals surface area contributed by atoms with Crippen molar-refractivity contribution in [2.24, 2.45) is 0 Å². The van der Waals surface area contributed by atoms with Crippen LogP contribution in [0.15, 0.2) is 42.6 Å². The summed E-state index contributed by atoms with van der Waals surface area (Å²) in [6.45, 7) is 1.94. The van der Waals surface area contributed by atoms with Crippen molar-refractivity contribution in [1.29, 1.82) is 0 Å². The number of nitrogens with zero attached hydrogens (tertiary/aromatic N) is 1. The number of phenolic OH excluding ortho intramolecular Hbond substituents is 1. The lowest BCUT2D eigenvalue weighted by atomic mass is 9.85. The molecule has 3 heteroatoms. The van der Waals surface area contributed by atoms with E-state index in [0.29, 0.717) is 5.75 Å². The Morgan fingerprint density at radius 1 is 1.00 bits per heavy atom. The Labute approximate surface area is 146 Å². The minimum Gasteiger partial charge on any atom is -0.508 e. The number of phenols is 1. The van der Waals surface area contributed by atoms with Crippen molar-refractivity contribution in [2.45, 2.75) is 32.6 Å². The highest BCUT2D eigenvalue weighted by atomic mass is 16.3. The second-order valence-corrected chi connectivity index (χ2v) is 7.02. The smallest absolute Gasteiger partial charge is 0.118 e. The monoisotopic (exact) mass is 328 g/mol. The van der Waals surface area contributed by atoms with Gasteiger partial charge < -0.3 is 10.1 Å². The van der Waals surface area contributed by atoms with Gasteiger partial charge in [-0.25, -0.2) is 4.98 Å². The number of aryl methyl sites for hydroxylation is 2. The van der Waals surface area contributed by atoms with Gasteiger partial charge in [0.2, 0.25) is 0 Å². The van der Waals surface area contributed by atoms with E-state index in [1.165, 1.54) is 40.3 Å². The van der Waals surface area contributed by atoms with Crippen LogP contribution in [0.25, 0.3) is 33.1 Å². The molecule has 0 fully saturated rings. The lowest BCUT2D eigenvalue weighted by molar-refractivity contribution is 0.471. The molecule has 5 rings (SSSR count). The molecule has 0 amide bonds. The van der Waals surface area contributed by atoms with Gasteiger partial charge in [-0.05, 0) is 85.7 Å². The molecule has 25 heavy (non-hydrogen) atoms. The van der Waals surface area contributed by atoms with Crippen molar-refractivity contribution in [1.82, 2.24) is 9.97 Å². The molecule has 0 saturated heterocycles. The van der Waals surface area contributed by atoms with Crippen LogP contribution in [0, 0.1) is 6.92 Å². The molecule has 0 aliphatic heterocycles. The van der Waals surface area contributed by atoms with E-state index in [1.54, 1.807) is 6.07 Å². The third-order valence-electron chi connectivity index (χ3n) is 5.47. The van der Waals surface area contributed by atoms with Gasteiger partial charge in [0.15, 0.2) is 0 Å². The zero-order valence-electron chi connectivity index (χ0n) is 14.3. The number of nitrogens with one attached hydrogen (secondary N) is 1. The molecule has 4 aromatic rings. The molecule has 0 saturated carbocycles. The van der Waals surface area contributed by atoms with Crippen molar-refractivity contribution in [3.63, 3.8) is 0 Å². The third kappa shape index (κ3) is 2.15. The molecule has 2 aromatic carbocycles. The number of aromatic nitrogens is 2. The van der Waals surface area contributed by atoms with Gasteiger partial charge in [0, 0.05) is 28.0 Å². The maximum Gasteiger partial charge on any atom is 0.118 e. The van der Waals surface area contributed by atoms with Gasteiger partial charge in [-0.3, -0.25) is 0 Å². The number of H-pyrrole nitrogens is 1. The largest absolute Gasteiger partial charge is 0.508 e. The van der Waals surface area contributed by atoms with E-state index in [4.69, 9.17) is 4.98 Å². The van der Waals surface area contributed by atoms with Gasteiger partial charge in [-0.1, -0.05) is 0 Å². The lowest BCUT2D eigenvalue weighted by Gasteiger charge is -2.22. The Kier molecular flexibility index (Phi) is 3.11. The predicted octanol–water partition coefficient (Wildman–Crippen LogP) is 5.28. The summed E-state index contributed by atoms with van der Waals surface area (Å²) >= 11 is 0. The van der Waals surface area contributed by atoms with E-state index < -0.39 is 0 Å². The van der Waals surface area contributed by atoms with Crippen molar-refractivity contribution in [3.8, 4) is 17.0 Å². The number of aromatic amines is 1. The topological polar surface area (TPSA) is 48.9 Å². The lowest BCUT2D eigenvalue weighted by Crippen LogP contribution is -2.08. The van der Waals surface area contributed by atoms with E-state index in [-0.39, 0.29) is 0 Å². The molecule has 2 aromatic heterocycles. The highest BCUT2D eigenvalue weighted by Gasteiger charge is 2.21. The molecule has 0 atom stereocenters. The summed E-state index contributed by atoms with van der Waals surface area (Å²) in [7, 11) is 0. The minimum atomic E-state index is 0.340. The summed E-state index contributed by atoms with van der Waals surface area (Å²) in [6.07, 6.45) is 6.65. The molecule has 2 heterocycles. The number of hydrogen-bond donors (Lipinski definition) is 2. The Morgan fingerprint density at radius 3 is 2.68 bits per heavy atom. The van der Waals surface area contributed by atoms with Crippen LogP contribution >= 0.6 is 0 Å². The van der Waals surface area contributed by atoms with Gasteiger partial charge in [0.1, 0.15) is 5.75 Å². The molecule has 1 aliphatic rings. The minimum absolute atomic E-state index is 0.340. The molecular weight excluding hydrogens is 308 g/mol. The second kappa shape index (κ2) is 5.35. The van der Waals surface area contributed by atoms with E-state index in [0.717, 1.165) is 35.2 Å². The van der Waals surface area contributed by atoms with E-state index >= 15 is 0 Å². The van der Waals surface area contributed by atoms with Crippen LogP contribution in [-0.2, 0) is 12.8 Å². The first-order chi connectivity index (χ1) is 12.2. The normalized spacial score (nSPS) is 14.1. The fourth-order valence-corrected chi connectivity index (χ4v) is 4.20. The molecule has 124 valence electrons. The summed E-state index contributed by atoms with van der Waals surface area (Å²) in [5, 5.41) is 12.5. The summed E-state index contributed by atoms with van der Waals surface area (Å²) < 4.78 is 0. The summed E-state index contributed by atoms with van der Waals surface area (Å²) in [6, 6.07) is 12.2. The highest BCUT2D eigenvalue weighted by molar-refractivity contribution is 6.08. The molecule has 0 spiro atoms. The van der Waals surface area contributed by atoms with Crippen LogP contribution in [0.4, 0.5) is 0 Å². The number of fused-ring (bicyclic) bond motifs is 5. The van der Waals surface area contributed by atoms with Crippen molar-refractivity contribution in [3.05, 3.63) is 59.3 Å².